The molecule has 0 saturated carbocycles. The van der Waals surface area contributed by atoms with E-state index in [0.29, 0.717) is 32.1 Å². The van der Waals surface area contributed by atoms with Crippen LogP contribution >= 0.6 is 23.2 Å². The van der Waals surface area contributed by atoms with Crippen molar-refractivity contribution < 1.29 is 19.1 Å². The largest absolute Gasteiger partial charge is 0.465 e. The number of hydrogen-bond donors (Lipinski definition) is 1. The van der Waals surface area contributed by atoms with Gasteiger partial charge in [-0.1, -0.05) is 53.0 Å². The molecule has 2 aromatic carbocycles. The fourth-order valence-corrected chi connectivity index (χ4v) is 3.62. The molecule has 1 aromatic heterocycles. The van der Waals surface area contributed by atoms with Crippen LogP contribution in [0.25, 0.3) is 22.6 Å². The Hall–Kier alpha value is -2.76. The number of halogens is 2. The molecule has 1 heterocycles. The van der Waals surface area contributed by atoms with Crippen molar-refractivity contribution in [3.8, 4) is 0 Å². The van der Waals surface area contributed by atoms with E-state index in [0.717, 1.165) is 5.56 Å². The minimum Gasteiger partial charge on any atom is -0.465 e. The first-order valence-corrected chi connectivity index (χ1v) is 9.66. The van der Waals surface area contributed by atoms with Gasteiger partial charge in [-0.2, -0.15) is 0 Å². The molecule has 0 bridgehead atoms. The summed E-state index contributed by atoms with van der Waals surface area (Å²) in [6, 6.07) is 10.6. The molecule has 0 aliphatic rings. The lowest BCUT2D eigenvalue weighted by molar-refractivity contribution is -0.133. The number of aromatic amines is 1. The zero-order valence-electron chi connectivity index (χ0n) is 16.1. The Morgan fingerprint density at radius 2 is 1.83 bits per heavy atom. The van der Waals surface area contributed by atoms with Gasteiger partial charge in [-0.15, -0.1) is 0 Å². The quantitative estimate of drug-likeness (QED) is 0.417. The third kappa shape index (κ3) is 4.31. The summed E-state index contributed by atoms with van der Waals surface area (Å²) in [7, 11) is 1.30. The van der Waals surface area contributed by atoms with Crippen LogP contribution in [0, 0.1) is 6.92 Å². The number of benzene rings is 2. The van der Waals surface area contributed by atoms with Gasteiger partial charge in [0, 0.05) is 21.5 Å². The molecular weight excluding hydrogens is 413 g/mol. The number of rotatable bonds is 5. The molecule has 3 rings (SSSR count). The van der Waals surface area contributed by atoms with E-state index in [9.17, 15) is 9.59 Å². The van der Waals surface area contributed by atoms with E-state index in [2.05, 4.69) is 4.98 Å². The zero-order chi connectivity index (χ0) is 21.1. The number of ether oxygens (including phenoxy) is 2. The van der Waals surface area contributed by atoms with Crippen LogP contribution in [0.15, 0.2) is 36.4 Å². The third-order valence-corrected chi connectivity index (χ3v) is 4.91. The number of fused-ring (bicyclic) bond motifs is 1. The minimum absolute atomic E-state index is 0.180. The average molecular weight is 432 g/mol. The number of nitrogens with one attached hydrogen (secondary N) is 1. The Bertz CT molecular complexity index is 1110. The van der Waals surface area contributed by atoms with Crippen LogP contribution in [0.2, 0.25) is 10.0 Å². The van der Waals surface area contributed by atoms with Crippen molar-refractivity contribution in [1.82, 2.24) is 4.98 Å². The third-order valence-electron chi connectivity index (χ3n) is 4.39. The number of hydrogen-bond acceptors (Lipinski definition) is 4. The van der Waals surface area contributed by atoms with E-state index in [1.807, 2.05) is 31.2 Å². The number of carbonyl (C=O) groups excluding carboxylic acids is 2. The summed E-state index contributed by atoms with van der Waals surface area (Å²) in [5, 5.41) is 1.33. The molecule has 0 aliphatic heterocycles. The monoisotopic (exact) mass is 431 g/mol. The standard InChI is InChI=1S/C22H19Cl2NO4/c1-4-29-22(27)20-16(19-17(24)9-14(23)10-18(19)25-20)11-15(21(26)28-3)13-7-5-12(2)6-8-13/h5-11,25H,4H2,1-3H3/b15-11+. The second kappa shape index (κ2) is 8.72. The van der Waals surface area contributed by atoms with Gasteiger partial charge in [0.05, 0.1) is 24.3 Å². The number of aryl methyl sites for hydroxylation is 1. The number of carbonyl (C=O) groups is 2. The molecule has 29 heavy (non-hydrogen) atoms. The summed E-state index contributed by atoms with van der Waals surface area (Å²) >= 11 is 12.5. The van der Waals surface area contributed by atoms with Crippen LogP contribution in [-0.2, 0) is 14.3 Å². The number of aromatic nitrogens is 1. The summed E-state index contributed by atoms with van der Waals surface area (Å²) in [6.07, 6.45) is 1.58. The van der Waals surface area contributed by atoms with E-state index >= 15 is 0 Å². The molecular formula is C22H19Cl2NO4. The molecule has 0 aliphatic carbocycles. The maximum atomic E-state index is 12.6. The van der Waals surface area contributed by atoms with Crippen molar-refractivity contribution in [3.05, 3.63) is 68.8 Å². The average Bonchev–Trinajstić information content (AvgIpc) is 3.05. The fourth-order valence-electron chi connectivity index (χ4n) is 3.03. The van der Waals surface area contributed by atoms with Gasteiger partial charge < -0.3 is 14.5 Å². The Labute approximate surface area is 178 Å². The second-order valence-electron chi connectivity index (χ2n) is 6.36. The van der Waals surface area contributed by atoms with Crippen molar-refractivity contribution in [1.29, 1.82) is 0 Å². The van der Waals surface area contributed by atoms with Crippen molar-refractivity contribution in [2.75, 3.05) is 13.7 Å². The highest BCUT2D eigenvalue weighted by Gasteiger charge is 2.22. The summed E-state index contributed by atoms with van der Waals surface area (Å²) < 4.78 is 10.1. The molecule has 0 spiro atoms. The Balaban J connectivity index is 2.32. The molecule has 7 heteroatoms. The number of methoxy groups -OCH3 is 1. The van der Waals surface area contributed by atoms with Gasteiger partial charge in [0.25, 0.3) is 0 Å². The Kier molecular flexibility index (Phi) is 6.30. The van der Waals surface area contributed by atoms with E-state index in [-0.39, 0.29) is 17.9 Å². The molecule has 0 fully saturated rings. The van der Waals surface area contributed by atoms with Gasteiger partial charge >= 0.3 is 11.9 Å². The van der Waals surface area contributed by atoms with Crippen molar-refractivity contribution in [3.63, 3.8) is 0 Å². The maximum Gasteiger partial charge on any atom is 0.355 e. The van der Waals surface area contributed by atoms with Crippen LogP contribution in [-0.4, -0.2) is 30.6 Å². The normalized spacial score (nSPS) is 11.6. The first-order valence-electron chi connectivity index (χ1n) is 8.90. The van der Waals surface area contributed by atoms with E-state index in [4.69, 9.17) is 32.7 Å². The van der Waals surface area contributed by atoms with E-state index < -0.39 is 11.9 Å². The lowest BCUT2D eigenvalue weighted by atomic mass is 10.00. The SMILES string of the molecule is CCOC(=O)c1[nH]c2cc(Cl)cc(Cl)c2c1/C=C(/C(=O)OC)c1ccc(C)cc1. The van der Waals surface area contributed by atoms with E-state index in [1.54, 1.807) is 25.1 Å². The van der Waals surface area contributed by atoms with Crippen molar-refractivity contribution >= 4 is 57.7 Å². The topological polar surface area (TPSA) is 68.4 Å². The molecule has 0 saturated heterocycles. The zero-order valence-corrected chi connectivity index (χ0v) is 17.6. The molecule has 3 aromatic rings. The highest BCUT2D eigenvalue weighted by Crippen LogP contribution is 2.35. The molecule has 5 nitrogen and oxygen atoms in total. The van der Waals surface area contributed by atoms with Gasteiger partial charge in [-0.25, -0.2) is 9.59 Å². The number of esters is 2. The molecule has 150 valence electrons. The maximum absolute atomic E-state index is 12.6. The lowest BCUT2D eigenvalue weighted by Crippen LogP contribution is -2.08. The van der Waals surface area contributed by atoms with E-state index in [1.165, 1.54) is 7.11 Å². The predicted molar refractivity (Wildman–Crippen MR) is 115 cm³/mol. The Morgan fingerprint density at radius 1 is 1.14 bits per heavy atom. The molecule has 1 N–H and O–H groups in total. The summed E-state index contributed by atoms with van der Waals surface area (Å²) in [4.78, 5) is 28.1. The van der Waals surface area contributed by atoms with Crippen LogP contribution in [0.1, 0.15) is 34.1 Å². The van der Waals surface area contributed by atoms with Crippen LogP contribution in [0.3, 0.4) is 0 Å². The van der Waals surface area contributed by atoms with Crippen molar-refractivity contribution in [2.45, 2.75) is 13.8 Å². The smallest absolute Gasteiger partial charge is 0.355 e. The minimum atomic E-state index is -0.560. The first-order chi connectivity index (χ1) is 13.8. The molecule has 0 unspecified atom stereocenters. The van der Waals surface area contributed by atoms with Gasteiger partial charge in [0.1, 0.15) is 5.69 Å². The van der Waals surface area contributed by atoms with Gasteiger partial charge in [0.15, 0.2) is 0 Å². The van der Waals surface area contributed by atoms with Gasteiger partial charge in [-0.05, 0) is 37.6 Å². The second-order valence-corrected chi connectivity index (χ2v) is 7.20. The molecule has 0 atom stereocenters. The first kappa shape index (κ1) is 21.0. The predicted octanol–water partition coefficient (Wildman–Crippen LogP) is 5.67. The summed E-state index contributed by atoms with van der Waals surface area (Å²) in [5.74, 6) is -1.10. The molecule has 0 radical (unpaired) electrons. The summed E-state index contributed by atoms with van der Waals surface area (Å²) in [6.45, 7) is 3.87. The van der Waals surface area contributed by atoms with Crippen LogP contribution in [0.5, 0.6) is 0 Å². The number of H-pyrrole nitrogens is 1. The van der Waals surface area contributed by atoms with Crippen LogP contribution in [0.4, 0.5) is 0 Å². The van der Waals surface area contributed by atoms with Crippen LogP contribution < -0.4 is 0 Å². The molecule has 0 amide bonds. The Morgan fingerprint density at radius 3 is 2.45 bits per heavy atom. The fraction of sp³-hybridized carbons (Fsp3) is 0.182. The van der Waals surface area contributed by atoms with Gasteiger partial charge in [-0.3, -0.25) is 0 Å². The van der Waals surface area contributed by atoms with Gasteiger partial charge in [0.2, 0.25) is 0 Å². The lowest BCUT2D eigenvalue weighted by Gasteiger charge is -2.08. The van der Waals surface area contributed by atoms with Crippen molar-refractivity contribution in [2.24, 2.45) is 0 Å². The highest BCUT2D eigenvalue weighted by molar-refractivity contribution is 6.39. The summed E-state index contributed by atoms with van der Waals surface area (Å²) in [5.41, 5.74) is 3.15. The highest BCUT2D eigenvalue weighted by atomic mass is 35.5.